The lowest BCUT2D eigenvalue weighted by Gasteiger charge is -1.99. The number of nitro groups is 1. The Kier molecular flexibility index (Phi) is 4.30. The van der Waals surface area contributed by atoms with E-state index in [0.29, 0.717) is 16.7 Å². The van der Waals surface area contributed by atoms with Crippen molar-refractivity contribution < 1.29 is 19.2 Å². The third kappa shape index (κ3) is 3.44. The number of nitro benzene ring substituents is 1. The Morgan fingerprint density at radius 1 is 1.21 bits per heavy atom. The van der Waals surface area contributed by atoms with Gasteiger partial charge in [0.2, 0.25) is 0 Å². The van der Waals surface area contributed by atoms with Gasteiger partial charge in [-0.1, -0.05) is 12.1 Å². The number of thioether (sulfide) groups is 1. The molecule has 2 aromatic carbocycles. The van der Waals surface area contributed by atoms with Crippen LogP contribution in [-0.2, 0) is 4.79 Å². The van der Waals surface area contributed by atoms with Gasteiger partial charge >= 0.3 is 5.97 Å². The Bertz CT molecular complexity index is 914. The van der Waals surface area contributed by atoms with Crippen molar-refractivity contribution in [1.29, 1.82) is 0 Å². The first-order chi connectivity index (χ1) is 11.5. The predicted molar refractivity (Wildman–Crippen MR) is 88.6 cm³/mol. The van der Waals surface area contributed by atoms with Gasteiger partial charge in [0.1, 0.15) is 10.4 Å². The largest absolute Gasteiger partial charge is 0.477 e. The number of para-hydroxylation sites is 2. The molecule has 0 radical (unpaired) electrons. The summed E-state index contributed by atoms with van der Waals surface area (Å²) in [5.74, 6) is -1.14. The zero-order valence-corrected chi connectivity index (χ0v) is 12.9. The molecule has 0 aliphatic rings. The summed E-state index contributed by atoms with van der Waals surface area (Å²) in [7, 11) is 0. The number of aliphatic carboxylic acids is 1. The molecule has 0 aliphatic carbocycles. The van der Waals surface area contributed by atoms with Crippen molar-refractivity contribution >= 4 is 40.6 Å². The molecule has 3 aromatic rings. The number of hydrogen-bond donors (Lipinski definition) is 1. The van der Waals surface area contributed by atoms with Crippen LogP contribution in [0.2, 0.25) is 0 Å². The number of benzene rings is 2. The first kappa shape index (κ1) is 15.8. The minimum absolute atomic E-state index is 0.00425. The summed E-state index contributed by atoms with van der Waals surface area (Å²) < 4.78 is 5.50. The fourth-order valence-corrected chi connectivity index (χ4v) is 2.71. The molecule has 0 fully saturated rings. The van der Waals surface area contributed by atoms with E-state index >= 15 is 0 Å². The fraction of sp³-hybridized carbons (Fsp3) is 0. The molecule has 0 unspecified atom stereocenters. The molecule has 3 rings (SSSR count). The summed E-state index contributed by atoms with van der Waals surface area (Å²) in [4.78, 5) is 25.8. The highest BCUT2D eigenvalue weighted by atomic mass is 32.2. The zero-order chi connectivity index (χ0) is 17.1. The Hall–Kier alpha value is -3.13. The van der Waals surface area contributed by atoms with Crippen LogP contribution in [0, 0.1) is 10.1 Å². The standard InChI is InChI=1S/C16H10N2O5S/c19-15(20)14(9-10-5-7-11(8-6-10)18(21)22)24-16-17-12-3-1-2-4-13(12)23-16/h1-9H,(H,19,20)/b14-9+. The Morgan fingerprint density at radius 3 is 2.54 bits per heavy atom. The van der Waals surface area contributed by atoms with Crippen LogP contribution in [0.5, 0.6) is 0 Å². The van der Waals surface area contributed by atoms with E-state index in [4.69, 9.17) is 4.42 Å². The minimum Gasteiger partial charge on any atom is -0.477 e. The van der Waals surface area contributed by atoms with Gasteiger partial charge in [0.05, 0.1) is 4.92 Å². The van der Waals surface area contributed by atoms with Gasteiger partial charge in [0.25, 0.3) is 10.9 Å². The van der Waals surface area contributed by atoms with Crippen LogP contribution in [0.3, 0.4) is 0 Å². The quantitative estimate of drug-likeness (QED) is 0.324. The van der Waals surface area contributed by atoms with Crippen molar-refractivity contribution in [3.05, 3.63) is 69.1 Å². The van der Waals surface area contributed by atoms with E-state index in [2.05, 4.69) is 4.98 Å². The van der Waals surface area contributed by atoms with E-state index in [1.807, 2.05) is 6.07 Å². The van der Waals surface area contributed by atoms with Crippen molar-refractivity contribution in [1.82, 2.24) is 4.98 Å². The zero-order valence-electron chi connectivity index (χ0n) is 12.1. The van der Waals surface area contributed by atoms with E-state index < -0.39 is 10.9 Å². The molecule has 7 nitrogen and oxygen atoms in total. The first-order valence-corrected chi connectivity index (χ1v) is 7.57. The number of carboxylic acid groups (broad SMARTS) is 1. The molecule has 0 amide bonds. The third-order valence-electron chi connectivity index (χ3n) is 3.08. The van der Waals surface area contributed by atoms with Crippen molar-refractivity contribution in [3.8, 4) is 0 Å². The highest BCUT2D eigenvalue weighted by Crippen LogP contribution is 2.30. The molecule has 0 spiro atoms. The summed E-state index contributed by atoms with van der Waals surface area (Å²) in [6.07, 6.45) is 1.41. The van der Waals surface area contributed by atoms with Gasteiger partial charge in [0, 0.05) is 12.1 Å². The molecule has 120 valence electrons. The van der Waals surface area contributed by atoms with Gasteiger partial charge in [-0.15, -0.1) is 0 Å². The van der Waals surface area contributed by atoms with Crippen LogP contribution in [0.25, 0.3) is 17.2 Å². The lowest BCUT2D eigenvalue weighted by molar-refractivity contribution is -0.384. The summed E-state index contributed by atoms with van der Waals surface area (Å²) in [5.41, 5.74) is 1.68. The number of aromatic nitrogens is 1. The first-order valence-electron chi connectivity index (χ1n) is 6.76. The molecule has 0 saturated heterocycles. The van der Waals surface area contributed by atoms with Gasteiger partial charge < -0.3 is 9.52 Å². The van der Waals surface area contributed by atoms with Crippen LogP contribution in [-0.4, -0.2) is 21.0 Å². The molecular formula is C16H10N2O5S. The number of hydrogen-bond acceptors (Lipinski definition) is 6. The number of oxazole rings is 1. The van der Waals surface area contributed by atoms with Crippen LogP contribution < -0.4 is 0 Å². The summed E-state index contributed by atoms with van der Waals surface area (Å²) in [6.45, 7) is 0. The average molecular weight is 342 g/mol. The van der Waals surface area contributed by atoms with Crippen LogP contribution in [0.1, 0.15) is 5.56 Å². The molecule has 0 aliphatic heterocycles. The molecule has 8 heteroatoms. The molecule has 0 bridgehead atoms. The number of nitrogens with zero attached hydrogens (tertiary/aromatic N) is 2. The lowest BCUT2D eigenvalue weighted by Crippen LogP contribution is -1.96. The maximum atomic E-state index is 11.4. The molecule has 1 N–H and O–H groups in total. The van der Waals surface area contributed by atoms with Gasteiger partial charge in [-0.05, 0) is 47.7 Å². The number of carboxylic acids is 1. The fourth-order valence-electron chi connectivity index (χ4n) is 1.97. The van der Waals surface area contributed by atoms with Gasteiger partial charge in [-0.25, -0.2) is 9.78 Å². The topological polar surface area (TPSA) is 106 Å². The molecule has 1 aromatic heterocycles. The summed E-state index contributed by atoms with van der Waals surface area (Å²) in [5, 5.41) is 20.2. The SMILES string of the molecule is O=C(O)/C(=C\c1ccc([N+](=O)[O-])cc1)Sc1nc2ccccc2o1. The van der Waals surface area contributed by atoms with Gasteiger partial charge in [-0.2, -0.15) is 0 Å². The number of rotatable bonds is 5. The highest BCUT2D eigenvalue weighted by Gasteiger charge is 2.15. The lowest BCUT2D eigenvalue weighted by atomic mass is 10.2. The summed E-state index contributed by atoms with van der Waals surface area (Å²) >= 11 is 0.878. The van der Waals surface area contributed by atoms with Crippen LogP contribution >= 0.6 is 11.8 Å². The maximum absolute atomic E-state index is 11.4. The highest BCUT2D eigenvalue weighted by molar-refractivity contribution is 8.03. The second-order valence-electron chi connectivity index (χ2n) is 4.71. The Balaban J connectivity index is 1.88. The van der Waals surface area contributed by atoms with Crippen LogP contribution in [0.15, 0.2) is 63.1 Å². The smallest absolute Gasteiger partial charge is 0.342 e. The molecule has 0 saturated carbocycles. The van der Waals surface area contributed by atoms with E-state index in [9.17, 15) is 20.0 Å². The number of non-ortho nitro benzene ring substituents is 1. The van der Waals surface area contributed by atoms with Gasteiger partial charge in [0.15, 0.2) is 5.58 Å². The van der Waals surface area contributed by atoms with Crippen LogP contribution in [0.4, 0.5) is 5.69 Å². The van der Waals surface area contributed by atoms with E-state index in [1.54, 1.807) is 18.2 Å². The molecule has 0 atom stereocenters. The second-order valence-corrected chi connectivity index (χ2v) is 5.71. The van der Waals surface area contributed by atoms with Crippen molar-refractivity contribution in [2.45, 2.75) is 5.22 Å². The van der Waals surface area contributed by atoms with Crippen molar-refractivity contribution in [3.63, 3.8) is 0 Å². The third-order valence-corrected chi connectivity index (χ3v) is 3.95. The number of carbonyl (C=O) groups is 1. The van der Waals surface area contributed by atoms with E-state index in [1.165, 1.54) is 30.3 Å². The van der Waals surface area contributed by atoms with Gasteiger partial charge in [-0.3, -0.25) is 10.1 Å². The molecule has 1 heterocycles. The molecule has 24 heavy (non-hydrogen) atoms. The number of fused-ring (bicyclic) bond motifs is 1. The van der Waals surface area contributed by atoms with E-state index in [-0.39, 0.29) is 15.8 Å². The Morgan fingerprint density at radius 2 is 1.92 bits per heavy atom. The average Bonchev–Trinajstić information content (AvgIpc) is 2.97. The normalized spacial score (nSPS) is 11.6. The summed E-state index contributed by atoms with van der Waals surface area (Å²) in [6, 6.07) is 12.7. The van der Waals surface area contributed by atoms with E-state index in [0.717, 1.165) is 11.8 Å². The maximum Gasteiger partial charge on any atom is 0.342 e. The van der Waals surface area contributed by atoms with Crippen molar-refractivity contribution in [2.75, 3.05) is 0 Å². The molecular weight excluding hydrogens is 332 g/mol. The van der Waals surface area contributed by atoms with Crippen molar-refractivity contribution in [2.24, 2.45) is 0 Å². The minimum atomic E-state index is -1.14. The monoisotopic (exact) mass is 342 g/mol. The predicted octanol–water partition coefficient (Wildman–Crippen LogP) is 3.95. The second kappa shape index (κ2) is 6.55. The Labute approximate surface area is 139 Å².